The maximum absolute atomic E-state index is 13.0. The van der Waals surface area contributed by atoms with Crippen LogP contribution >= 0.6 is 0 Å². The van der Waals surface area contributed by atoms with E-state index in [1.807, 2.05) is 7.05 Å². The Bertz CT molecular complexity index is 635. The second-order valence-corrected chi connectivity index (χ2v) is 9.08. The summed E-state index contributed by atoms with van der Waals surface area (Å²) in [5.41, 5.74) is 2.56. The first-order chi connectivity index (χ1) is 14.6. The molecule has 0 radical (unpaired) electrons. The van der Waals surface area contributed by atoms with Crippen molar-refractivity contribution in [3.05, 3.63) is 17.5 Å². The van der Waals surface area contributed by atoms with Crippen molar-refractivity contribution in [2.75, 3.05) is 46.9 Å². The van der Waals surface area contributed by atoms with E-state index in [9.17, 15) is 4.79 Å². The zero-order valence-electron chi connectivity index (χ0n) is 19.2. The third-order valence-electron chi connectivity index (χ3n) is 6.93. The van der Waals surface area contributed by atoms with E-state index in [2.05, 4.69) is 45.5 Å². The topological polar surface area (TPSA) is 73.5 Å². The van der Waals surface area contributed by atoms with Crippen LogP contribution in [0.1, 0.15) is 69.0 Å². The molecule has 2 N–H and O–H groups in total. The van der Waals surface area contributed by atoms with Gasteiger partial charge in [0.15, 0.2) is 0 Å². The van der Waals surface area contributed by atoms with Crippen LogP contribution < -0.4 is 5.32 Å². The molecule has 0 atom stereocenters. The summed E-state index contributed by atoms with van der Waals surface area (Å²) in [6.07, 6.45) is 9.21. The summed E-state index contributed by atoms with van der Waals surface area (Å²) in [7, 11) is 4.15. The third-order valence-corrected chi connectivity index (χ3v) is 6.93. The van der Waals surface area contributed by atoms with Gasteiger partial charge in [0.2, 0.25) is 5.91 Å². The minimum atomic E-state index is 0.347. The van der Waals surface area contributed by atoms with Crippen LogP contribution in [-0.4, -0.2) is 78.9 Å². The fourth-order valence-electron chi connectivity index (χ4n) is 5.09. The molecule has 1 aliphatic carbocycles. The van der Waals surface area contributed by atoms with Crippen molar-refractivity contribution in [2.45, 2.75) is 70.4 Å². The second-order valence-electron chi connectivity index (χ2n) is 9.08. The first-order valence-corrected chi connectivity index (χ1v) is 11.8. The summed E-state index contributed by atoms with van der Waals surface area (Å²) in [5, 5.41) is 10.9. The van der Waals surface area contributed by atoms with Crippen molar-refractivity contribution in [1.29, 1.82) is 0 Å². The smallest absolute Gasteiger partial charge is 0.223 e. The number of ether oxygens (including phenoxy) is 1. The van der Waals surface area contributed by atoms with Gasteiger partial charge in [-0.3, -0.25) is 9.89 Å². The molecular formula is C23H41N5O2. The molecule has 2 heterocycles. The lowest BCUT2D eigenvalue weighted by molar-refractivity contribution is -0.135. The van der Waals surface area contributed by atoms with Crippen LogP contribution in [0.3, 0.4) is 0 Å². The molecule has 3 rings (SSSR count). The maximum Gasteiger partial charge on any atom is 0.223 e. The van der Waals surface area contributed by atoms with Crippen LogP contribution in [-0.2, 0) is 16.1 Å². The molecular weight excluding hydrogens is 378 g/mol. The zero-order chi connectivity index (χ0) is 21.3. The van der Waals surface area contributed by atoms with Crippen LogP contribution in [0.25, 0.3) is 0 Å². The van der Waals surface area contributed by atoms with E-state index in [0.29, 0.717) is 30.2 Å². The van der Waals surface area contributed by atoms with Gasteiger partial charge in [-0.2, -0.15) is 5.10 Å². The molecule has 30 heavy (non-hydrogen) atoms. The summed E-state index contributed by atoms with van der Waals surface area (Å²) in [4.78, 5) is 17.5. The highest BCUT2D eigenvalue weighted by Gasteiger charge is 2.31. The molecule has 1 aromatic heterocycles. The number of carbonyl (C=O) groups excluding carboxylic acids is 1. The number of H-pyrrole nitrogens is 1. The molecule has 7 heteroatoms. The average molecular weight is 420 g/mol. The lowest BCUT2D eigenvalue weighted by Crippen LogP contribution is -2.43. The second kappa shape index (κ2) is 11.8. The summed E-state index contributed by atoms with van der Waals surface area (Å²) in [6, 6.07) is 0.388. The summed E-state index contributed by atoms with van der Waals surface area (Å²) in [5.74, 6) is 1.35. The lowest BCUT2D eigenvalue weighted by Gasteiger charge is -2.37. The average Bonchev–Trinajstić information content (AvgIpc) is 3.22. The van der Waals surface area contributed by atoms with E-state index in [-0.39, 0.29) is 0 Å². The predicted molar refractivity (Wildman–Crippen MR) is 119 cm³/mol. The highest BCUT2D eigenvalue weighted by Crippen LogP contribution is 2.36. The highest BCUT2D eigenvalue weighted by molar-refractivity contribution is 5.76. The molecule has 1 saturated heterocycles. The quantitative estimate of drug-likeness (QED) is 0.610. The number of aromatic amines is 1. The van der Waals surface area contributed by atoms with Gasteiger partial charge < -0.3 is 19.9 Å². The Morgan fingerprint density at radius 1 is 1.23 bits per heavy atom. The Morgan fingerprint density at radius 3 is 2.63 bits per heavy atom. The molecule has 0 spiro atoms. The van der Waals surface area contributed by atoms with E-state index in [1.54, 1.807) is 0 Å². The zero-order valence-corrected chi connectivity index (χ0v) is 19.2. The number of hydrogen-bond acceptors (Lipinski definition) is 5. The Hall–Kier alpha value is -1.44. The first kappa shape index (κ1) is 23.2. The van der Waals surface area contributed by atoms with E-state index in [4.69, 9.17) is 4.74 Å². The number of nitrogens with one attached hydrogen (secondary N) is 2. The van der Waals surface area contributed by atoms with Gasteiger partial charge in [0.1, 0.15) is 0 Å². The molecule has 1 saturated carbocycles. The third kappa shape index (κ3) is 6.28. The lowest BCUT2D eigenvalue weighted by atomic mass is 9.82. The Balaban J connectivity index is 1.51. The van der Waals surface area contributed by atoms with E-state index >= 15 is 0 Å². The summed E-state index contributed by atoms with van der Waals surface area (Å²) in [6.45, 7) is 7.51. The van der Waals surface area contributed by atoms with Crippen molar-refractivity contribution in [1.82, 2.24) is 25.3 Å². The summed E-state index contributed by atoms with van der Waals surface area (Å²) >= 11 is 0. The largest absolute Gasteiger partial charge is 0.381 e. The number of hydrogen-bond donors (Lipinski definition) is 2. The van der Waals surface area contributed by atoms with Crippen molar-refractivity contribution in [3.63, 3.8) is 0 Å². The van der Waals surface area contributed by atoms with Crippen LogP contribution in [0.2, 0.25) is 0 Å². The molecule has 7 nitrogen and oxygen atoms in total. The Morgan fingerprint density at radius 2 is 1.97 bits per heavy atom. The Labute approximate surface area is 181 Å². The van der Waals surface area contributed by atoms with Gasteiger partial charge in [-0.15, -0.1) is 0 Å². The van der Waals surface area contributed by atoms with Crippen molar-refractivity contribution in [3.8, 4) is 0 Å². The standard InChI is InChI=1S/C23H41N5O2/c1-4-28(22(29)15-18-9-13-30-14-10-18)21-7-5-19(6-8-21)23-20(16-25-26-23)17-27(3)12-11-24-2/h16,18-19,21,24H,4-15,17H2,1-3H3,(H,25,26)/t19-,21+. The van der Waals surface area contributed by atoms with Crippen LogP contribution in [0.15, 0.2) is 6.20 Å². The molecule has 1 aliphatic heterocycles. The van der Waals surface area contributed by atoms with Gasteiger partial charge in [-0.25, -0.2) is 0 Å². The fraction of sp³-hybridized carbons (Fsp3) is 0.826. The van der Waals surface area contributed by atoms with Gasteiger partial charge in [0.25, 0.3) is 0 Å². The van der Waals surface area contributed by atoms with E-state index < -0.39 is 0 Å². The molecule has 0 bridgehead atoms. The number of likely N-dealkylation sites (N-methyl/N-ethyl adjacent to an activating group) is 2. The van der Waals surface area contributed by atoms with Crippen LogP contribution in [0.4, 0.5) is 0 Å². The van der Waals surface area contributed by atoms with Gasteiger partial charge >= 0.3 is 0 Å². The number of amides is 1. The number of carbonyl (C=O) groups is 1. The first-order valence-electron chi connectivity index (χ1n) is 11.8. The molecule has 1 aromatic rings. The van der Waals surface area contributed by atoms with Crippen molar-refractivity contribution in [2.24, 2.45) is 5.92 Å². The van der Waals surface area contributed by atoms with Crippen LogP contribution in [0.5, 0.6) is 0 Å². The van der Waals surface area contributed by atoms with E-state index in [1.165, 1.54) is 11.3 Å². The minimum absolute atomic E-state index is 0.347. The van der Waals surface area contributed by atoms with Crippen molar-refractivity contribution < 1.29 is 9.53 Å². The van der Waals surface area contributed by atoms with Crippen LogP contribution in [0, 0.1) is 5.92 Å². The van der Waals surface area contributed by atoms with Gasteiger partial charge in [0, 0.05) is 69.5 Å². The van der Waals surface area contributed by atoms with Crippen molar-refractivity contribution >= 4 is 5.91 Å². The normalized spacial score (nSPS) is 23.1. The fourth-order valence-corrected chi connectivity index (χ4v) is 5.09. The molecule has 1 amide bonds. The molecule has 170 valence electrons. The monoisotopic (exact) mass is 419 g/mol. The SMILES string of the molecule is CCN(C(=O)CC1CCOCC1)[C@H]1CC[C@@H](c2n[nH]cc2CN(C)CCNC)CC1. The molecule has 0 aromatic carbocycles. The number of rotatable bonds is 10. The molecule has 0 unspecified atom stereocenters. The number of nitrogens with zero attached hydrogens (tertiary/aromatic N) is 3. The van der Waals surface area contributed by atoms with Gasteiger partial charge in [-0.1, -0.05) is 0 Å². The molecule has 2 fully saturated rings. The minimum Gasteiger partial charge on any atom is -0.381 e. The van der Waals surface area contributed by atoms with E-state index in [0.717, 1.165) is 77.9 Å². The maximum atomic E-state index is 13.0. The van der Waals surface area contributed by atoms with Gasteiger partial charge in [0.05, 0.1) is 5.69 Å². The highest BCUT2D eigenvalue weighted by atomic mass is 16.5. The Kier molecular flexibility index (Phi) is 9.15. The van der Waals surface area contributed by atoms with Gasteiger partial charge in [-0.05, 0) is 65.5 Å². The molecule has 2 aliphatic rings. The number of aromatic nitrogens is 2. The predicted octanol–water partition coefficient (Wildman–Crippen LogP) is 2.75. The summed E-state index contributed by atoms with van der Waals surface area (Å²) < 4.78 is 5.44.